The number of hydrogen-bond donors (Lipinski definition) is 2. The molecule has 0 aromatic carbocycles. The molecule has 0 radical (unpaired) electrons. The fourth-order valence-electron chi connectivity index (χ4n) is 1.76. The van der Waals surface area contributed by atoms with Gasteiger partial charge in [0.05, 0.1) is 6.42 Å². The van der Waals surface area contributed by atoms with E-state index >= 15 is 0 Å². The van der Waals surface area contributed by atoms with E-state index in [1.54, 1.807) is 4.90 Å². The van der Waals surface area contributed by atoms with E-state index in [1.807, 2.05) is 13.8 Å². The monoisotopic (exact) mass is 245 g/mol. The Labute approximate surface area is 102 Å². The van der Waals surface area contributed by atoms with E-state index in [0.29, 0.717) is 19.5 Å². The lowest BCUT2D eigenvalue weighted by Gasteiger charge is -2.28. The lowest BCUT2D eigenvalue weighted by molar-refractivity contribution is -0.145. The molecule has 2 N–H and O–H groups in total. The van der Waals surface area contributed by atoms with Crippen LogP contribution in [0.5, 0.6) is 0 Å². The minimum atomic E-state index is -0.882. The standard InChI is InChI=1S/C12H23NO4/c1-3-5-8-13(9-7-11(14)15)10(6-4-2)12(16)17/h10H,3-9H2,1-2H3,(H,14,15)(H,16,17). The zero-order chi connectivity index (χ0) is 13.3. The Morgan fingerprint density at radius 2 is 1.76 bits per heavy atom. The van der Waals surface area contributed by atoms with Crippen molar-refractivity contribution in [2.75, 3.05) is 13.1 Å². The van der Waals surface area contributed by atoms with Gasteiger partial charge in [-0.1, -0.05) is 26.7 Å². The highest BCUT2D eigenvalue weighted by atomic mass is 16.4. The van der Waals surface area contributed by atoms with Gasteiger partial charge in [0.1, 0.15) is 6.04 Å². The maximum atomic E-state index is 11.1. The van der Waals surface area contributed by atoms with E-state index in [0.717, 1.165) is 19.3 Å². The number of aliphatic carboxylic acids is 2. The van der Waals surface area contributed by atoms with Gasteiger partial charge < -0.3 is 10.2 Å². The Hall–Kier alpha value is -1.10. The highest BCUT2D eigenvalue weighted by molar-refractivity contribution is 5.73. The number of hydrogen-bond acceptors (Lipinski definition) is 3. The molecule has 0 aromatic rings. The van der Waals surface area contributed by atoms with Crippen molar-refractivity contribution in [3.8, 4) is 0 Å². The van der Waals surface area contributed by atoms with Gasteiger partial charge >= 0.3 is 11.9 Å². The predicted molar refractivity (Wildman–Crippen MR) is 65.1 cm³/mol. The number of rotatable bonds is 10. The Morgan fingerprint density at radius 3 is 2.18 bits per heavy atom. The molecule has 5 heteroatoms. The molecule has 0 rings (SSSR count). The van der Waals surface area contributed by atoms with E-state index in [4.69, 9.17) is 10.2 Å². The van der Waals surface area contributed by atoms with Crippen LogP contribution in [0, 0.1) is 0 Å². The van der Waals surface area contributed by atoms with E-state index < -0.39 is 18.0 Å². The zero-order valence-electron chi connectivity index (χ0n) is 10.7. The topological polar surface area (TPSA) is 77.8 Å². The minimum Gasteiger partial charge on any atom is -0.481 e. The van der Waals surface area contributed by atoms with Crippen molar-refractivity contribution in [1.82, 2.24) is 4.90 Å². The third-order valence-corrected chi connectivity index (χ3v) is 2.70. The van der Waals surface area contributed by atoms with Gasteiger partial charge in [0.25, 0.3) is 0 Å². The first kappa shape index (κ1) is 15.9. The molecule has 0 bridgehead atoms. The van der Waals surface area contributed by atoms with Gasteiger partial charge in [0.15, 0.2) is 0 Å². The second-order valence-corrected chi connectivity index (χ2v) is 4.18. The van der Waals surface area contributed by atoms with Gasteiger partial charge in [-0.2, -0.15) is 0 Å². The lowest BCUT2D eigenvalue weighted by atomic mass is 10.1. The van der Waals surface area contributed by atoms with Crippen molar-refractivity contribution in [2.45, 2.75) is 52.0 Å². The van der Waals surface area contributed by atoms with E-state index in [2.05, 4.69) is 0 Å². The molecule has 0 saturated heterocycles. The summed E-state index contributed by atoms with van der Waals surface area (Å²) in [7, 11) is 0. The highest BCUT2D eigenvalue weighted by Crippen LogP contribution is 2.10. The van der Waals surface area contributed by atoms with Crippen molar-refractivity contribution < 1.29 is 19.8 Å². The van der Waals surface area contributed by atoms with Crippen molar-refractivity contribution in [1.29, 1.82) is 0 Å². The molecule has 0 aliphatic heterocycles. The third kappa shape index (κ3) is 6.94. The lowest BCUT2D eigenvalue weighted by Crippen LogP contribution is -2.42. The average Bonchev–Trinajstić information content (AvgIpc) is 2.26. The molecule has 0 saturated carbocycles. The molecule has 0 aliphatic rings. The minimum absolute atomic E-state index is 0.00277. The van der Waals surface area contributed by atoms with Crippen LogP contribution in [0.2, 0.25) is 0 Å². The van der Waals surface area contributed by atoms with Crippen LogP contribution in [0.25, 0.3) is 0 Å². The summed E-state index contributed by atoms with van der Waals surface area (Å²) < 4.78 is 0. The quantitative estimate of drug-likeness (QED) is 0.614. The summed E-state index contributed by atoms with van der Waals surface area (Å²) in [5.41, 5.74) is 0. The molecule has 5 nitrogen and oxygen atoms in total. The summed E-state index contributed by atoms with van der Waals surface area (Å²) in [5.74, 6) is -1.74. The second kappa shape index (κ2) is 8.98. The van der Waals surface area contributed by atoms with Gasteiger partial charge in [-0.25, -0.2) is 0 Å². The van der Waals surface area contributed by atoms with Crippen LogP contribution >= 0.6 is 0 Å². The molecule has 0 spiro atoms. The van der Waals surface area contributed by atoms with Crippen LogP contribution in [0.1, 0.15) is 46.0 Å². The number of carboxylic acids is 2. The molecular weight excluding hydrogens is 222 g/mol. The first-order chi connectivity index (χ1) is 8.02. The zero-order valence-corrected chi connectivity index (χ0v) is 10.7. The summed E-state index contributed by atoms with van der Waals surface area (Å²) in [6.45, 7) is 4.93. The van der Waals surface area contributed by atoms with Gasteiger partial charge in [-0.05, 0) is 19.4 Å². The summed E-state index contributed by atoms with van der Waals surface area (Å²) in [6.07, 6.45) is 3.22. The molecule has 0 heterocycles. The fraction of sp³-hybridized carbons (Fsp3) is 0.833. The number of carboxylic acid groups (broad SMARTS) is 2. The second-order valence-electron chi connectivity index (χ2n) is 4.18. The third-order valence-electron chi connectivity index (χ3n) is 2.70. The van der Waals surface area contributed by atoms with Gasteiger partial charge in [-0.15, -0.1) is 0 Å². The number of unbranched alkanes of at least 4 members (excludes halogenated alkanes) is 1. The van der Waals surface area contributed by atoms with E-state index in [1.165, 1.54) is 0 Å². The van der Waals surface area contributed by atoms with Crippen LogP contribution in [0.3, 0.4) is 0 Å². The van der Waals surface area contributed by atoms with Crippen molar-refractivity contribution in [3.63, 3.8) is 0 Å². The Kier molecular flexibility index (Phi) is 8.40. The van der Waals surface area contributed by atoms with Crippen LogP contribution in [-0.4, -0.2) is 46.2 Å². The Bertz CT molecular complexity index is 243. The summed E-state index contributed by atoms with van der Waals surface area (Å²) >= 11 is 0. The summed E-state index contributed by atoms with van der Waals surface area (Å²) in [6, 6.07) is -0.550. The normalized spacial score (nSPS) is 12.6. The average molecular weight is 245 g/mol. The molecule has 1 unspecified atom stereocenters. The molecule has 0 aliphatic carbocycles. The van der Waals surface area contributed by atoms with Crippen molar-refractivity contribution in [3.05, 3.63) is 0 Å². The maximum absolute atomic E-state index is 11.1. The Balaban J connectivity index is 4.47. The molecule has 0 amide bonds. The molecule has 100 valence electrons. The van der Waals surface area contributed by atoms with Crippen LogP contribution < -0.4 is 0 Å². The summed E-state index contributed by atoms with van der Waals surface area (Å²) in [5, 5.41) is 17.8. The van der Waals surface area contributed by atoms with Gasteiger partial charge in [0.2, 0.25) is 0 Å². The number of carbonyl (C=O) groups is 2. The highest BCUT2D eigenvalue weighted by Gasteiger charge is 2.24. The van der Waals surface area contributed by atoms with Crippen LogP contribution in [0.15, 0.2) is 0 Å². The van der Waals surface area contributed by atoms with E-state index in [9.17, 15) is 9.59 Å². The molecule has 0 fully saturated rings. The maximum Gasteiger partial charge on any atom is 0.320 e. The fourth-order valence-corrected chi connectivity index (χ4v) is 1.76. The summed E-state index contributed by atoms with van der Waals surface area (Å²) in [4.78, 5) is 23.5. The largest absolute Gasteiger partial charge is 0.481 e. The molecular formula is C12H23NO4. The van der Waals surface area contributed by atoms with Gasteiger partial charge in [-0.3, -0.25) is 14.5 Å². The molecule has 17 heavy (non-hydrogen) atoms. The predicted octanol–water partition coefficient (Wildman–Crippen LogP) is 1.82. The Morgan fingerprint density at radius 1 is 1.12 bits per heavy atom. The van der Waals surface area contributed by atoms with E-state index in [-0.39, 0.29) is 6.42 Å². The van der Waals surface area contributed by atoms with Crippen LogP contribution in [-0.2, 0) is 9.59 Å². The van der Waals surface area contributed by atoms with Crippen LogP contribution in [0.4, 0.5) is 0 Å². The SMILES string of the molecule is CCCCN(CCC(=O)O)C(CCC)C(=O)O. The number of nitrogens with zero attached hydrogens (tertiary/aromatic N) is 1. The first-order valence-corrected chi connectivity index (χ1v) is 6.21. The van der Waals surface area contributed by atoms with Crippen molar-refractivity contribution >= 4 is 11.9 Å². The molecule has 1 atom stereocenters. The van der Waals surface area contributed by atoms with Gasteiger partial charge in [0, 0.05) is 6.54 Å². The molecule has 0 aromatic heterocycles. The smallest absolute Gasteiger partial charge is 0.320 e. The van der Waals surface area contributed by atoms with Crippen molar-refractivity contribution in [2.24, 2.45) is 0 Å². The first-order valence-electron chi connectivity index (χ1n) is 6.21.